The molecule has 1 atom stereocenters. The molecule has 3 heterocycles. The lowest BCUT2D eigenvalue weighted by molar-refractivity contribution is 0.0739. The number of hydrogen-bond donors (Lipinski definition) is 0. The van der Waals surface area contributed by atoms with Gasteiger partial charge in [0.05, 0.1) is 6.54 Å². The van der Waals surface area contributed by atoms with E-state index in [1.54, 1.807) is 12.4 Å². The van der Waals surface area contributed by atoms with Crippen LogP contribution in [0.2, 0.25) is 0 Å². The van der Waals surface area contributed by atoms with Crippen molar-refractivity contribution < 1.29 is 9.53 Å². The molecule has 0 saturated heterocycles. The van der Waals surface area contributed by atoms with E-state index < -0.39 is 0 Å². The normalized spacial score (nSPS) is 15.8. The fourth-order valence-electron chi connectivity index (χ4n) is 3.43. The molecule has 1 aliphatic heterocycles. The van der Waals surface area contributed by atoms with E-state index in [2.05, 4.69) is 28.8 Å². The fourth-order valence-corrected chi connectivity index (χ4v) is 3.43. The molecule has 0 N–H and O–H groups in total. The molecule has 1 aliphatic rings. The number of nitrogens with zero attached hydrogens (tertiary/aromatic N) is 5. The first-order chi connectivity index (χ1) is 13.1. The van der Waals surface area contributed by atoms with E-state index in [4.69, 9.17) is 4.74 Å². The number of aromatic nitrogens is 3. The molecule has 0 aromatic carbocycles. The van der Waals surface area contributed by atoms with Crippen LogP contribution in [0.4, 0.5) is 0 Å². The number of hydrogen-bond acceptors (Lipinski definition) is 5. The molecule has 0 bridgehead atoms. The third-order valence-corrected chi connectivity index (χ3v) is 5.10. The summed E-state index contributed by atoms with van der Waals surface area (Å²) < 4.78 is 7.87. The molecule has 1 amide bonds. The molecule has 0 spiro atoms. The average molecular weight is 371 g/mol. The summed E-state index contributed by atoms with van der Waals surface area (Å²) in [5.41, 5.74) is 1.59. The van der Waals surface area contributed by atoms with Gasteiger partial charge in [-0.05, 0) is 38.2 Å². The maximum Gasteiger partial charge on any atom is 0.274 e. The van der Waals surface area contributed by atoms with E-state index >= 15 is 0 Å². The summed E-state index contributed by atoms with van der Waals surface area (Å²) in [6.45, 7) is 11.3. The van der Waals surface area contributed by atoms with E-state index in [0.29, 0.717) is 18.8 Å². The van der Waals surface area contributed by atoms with Crippen molar-refractivity contribution >= 4 is 5.91 Å². The summed E-state index contributed by atoms with van der Waals surface area (Å²) in [4.78, 5) is 21.0. The molecule has 2 aromatic rings. The quantitative estimate of drug-likeness (QED) is 0.675. The smallest absolute Gasteiger partial charge is 0.274 e. The van der Waals surface area contributed by atoms with Crippen LogP contribution in [0.3, 0.4) is 0 Å². The number of rotatable bonds is 9. The van der Waals surface area contributed by atoms with E-state index in [1.807, 2.05) is 34.7 Å². The summed E-state index contributed by atoms with van der Waals surface area (Å²) in [5, 5.41) is 4.54. The molecule has 27 heavy (non-hydrogen) atoms. The van der Waals surface area contributed by atoms with Gasteiger partial charge in [0.1, 0.15) is 11.9 Å². The van der Waals surface area contributed by atoms with Crippen LogP contribution in [-0.4, -0.2) is 69.3 Å². The second-order valence-electron chi connectivity index (χ2n) is 6.74. The van der Waals surface area contributed by atoms with E-state index in [-0.39, 0.29) is 12.0 Å². The van der Waals surface area contributed by atoms with Gasteiger partial charge in [0.2, 0.25) is 0 Å². The topological polar surface area (TPSA) is 63.5 Å². The summed E-state index contributed by atoms with van der Waals surface area (Å²) >= 11 is 0. The maximum atomic E-state index is 12.8. The minimum atomic E-state index is 0.0122. The average Bonchev–Trinajstić information content (AvgIpc) is 3.24. The molecular weight excluding hydrogens is 342 g/mol. The predicted molar refractivity (Wildman–Crippen MR) is 104 cm³/mol. The van der Waals surface area contributed by atoms with Crippen LogP contribution in [0.1, 0.15) is 37.0 Å². The van der Waals surface area contributed by atoms with Crippen LogP contribution < -0.4 is 4.74 Å². The Morgan fingerprint density at radius 1 is 1.19 bits per heavy atom. The van der Waals surface area contributed by atoms with Crippen LogP contribution in [0.5, 0.6) is 5.75 Å². The second kappa shape index (κ2) is 8.99. The Hall–Kier alpha value is -2.41. The zero-order valence-corrected chi connectivity index (χ0v) is 16.5. The van der Waals surface area contributed by atoms with Crippen molar-refractivity contribution in [3.8, 4) is 5.75 Å². The number of likely N-dealkylation sites (N-methyl/N-ethyl adjacent to an activating group) is 2. The Bertz CT molecular complexity index is 719. The standard InChI is InChI=1S/C20H29N5O2/c1-4-23(5-2)11-12-24(6-3)20(26)19-14-16-13-18(15-25(16)22-19)27-17-7-9-21-10-8-17/h7-10,14,18H,4-6,11-13,15H2,1-3H3. The van der Waals surface area contributed by atoms with Crippen molar-refractivity contribution in [1.29, 1.82) is 0 Å². The lowest BCUT2D eigenvalue weighted by Crippen LogP contribution is -2.38. The highest BCUT2D eigenvalue weighted by molar-refractivity contribution is 5.92. The Morgan fingerprint density at radius 3 is 2.56 bits per heavy atom. The first kappa shape index (κ1) is 19.4. The summed E-state index contributed by atoms with van der Waals surface area (Å²) in [6, 6.07) is 5.62. The third kappa shape index (κ3) is 4.66. The Kier molecular flexibility index (Phi) is 6.45. The Labute approximate surface area is 160 Å². The largest absolute Gasteiger partial charge is 0.488 e. The highest BCUT2D eigenvalue weighted by Gasteiger charge is 2.28. The molecule has 146 valence electrons. The first-order valence-electron chi connectivity index (χ1n) is 9.79. The highest BCUT2D eigenvalue weighted by Crippen LogP contribution is 2.21. The van der Waals surface area contributed by atoms with Gasteiger partial charge in [0, 0.05) is 44.1 Å². The van der Waals surface area contributed by atoms with Crippen LogP contribution in [0.25, 0.3) is 0 Å². The van der Waals surface area contributed by atoms with E-state index in [1.165, 1.54) is 0 Å². The van der Waals surface area contributed by atoms with Crippen molar-refractivity contribution in [2.45, 2.75) is 39.8 Å². The molecule has 0 saturated carbocycles. The third-order valence-electron chi connectivity index (χ3n) is 5.10. The van der Waals surface area contributed by atoms with E-state index in [0.717, 1.165) is 44.0 Å². The second-order valence-corrected chi connectivity index (χ2v) is 6.74. The molecular formula is C20H29N5O2. The molecule has 0 aliphatic carbocycles. The summed E-state index contributed by atoms with van der Waals surface area (Å²) in [7, 11) is 0. The van der Waals surface area contributed by atoms with Gasteiger partial charge in [0.15, 0.2) is 5.69 Å². The Balaban J connectivity index is 1.58. The number of pyridine rings is 1. The van der Waals surface area contributed by atoms with Crippen molar-refractivity contribution in [3.63, 3.8) is 0 Å². The van der Waals surface area contributed by atoms with Gasteiger partial charge >= 0.3 is 0 Å². The van der Waals surface area contributed by atoms with Crippen molar-refractivity contribution in [3.05, 3.63) is 42.0 Å². The van der Waals surface area contributed by atoms with Gasteiger partial charge in [0.25, 0.3) is 5.91 Å². The van der Waals surface area contributed by atoms with Gasteiger partial charge in [-0.1, -0.05) is 13.8 Å². The molecule has 2 aromatic heterocycles. The lowest BCUT2D eigenvalue weighted by Gasteiger charge is -2.24. The zero-order chi connectivity index (χ0) is 19.2. The minimum absolute atomic E-state index is 0.0122. The van der Waals surface area contributed by atoms with Crippen LogP contribution in [0, 0.1) is 0 Å². The van der Waals surface area contributed by atoms with E-state index in [9.17, 15) is 4.79 Å². The molecule has 7 heteroatoms. The molecule has 0 fully saturated rings. The van der Waals surface area contributed by atoms with Gasteiger partial charge < -0.3 is 14.5 Å². The Morgan fingerprint density at radius 2 is 1.93 bits per heavy atom. The number of carbonyl (C=O) groups is 1. The minimum Gasteiger partial charge on any atom is -0.488 e. The van der Waals surface area contributed by atoms with Gasteiger partial charge in [-0.15, -0.1) is 0 Å². The number of fused-ring (bicyclic) bond motifs is 1. The number of ether oxygens (including phenoxy) is 1. The summed E-state index contributed by atoms with van der Waals surface area (Å²) in [6.07, 6.45) is 4.24. The summed E-state index contributed by atoms with van der Waals surface area (Å²) in [5.74, 6) is 0.823. The molecule has 7 nitrogen and oxygen atoms in total. The van der Waals surface area contributed by atoms with Crippen molar-refractivity contribution in [2.75, 3.05) is 32.7 Å². The number of carbonyl (C=O) groups excluding carboxylic acids is 1. The molecule has 1 unspecified atom stereocenters. The fraction of sp³-hybridized carbons (Fsp3) is 0.550. The predicted octanol–water partition coefficient (Wildman–Crippen LogP) is 2.09. The van der Waals surface area contributed by atoms with Crippen LogP contribution in [0.15, 0.2) is 30.6 Å². The SMILES string of the molecule is CCN(CC)CCN(CC)C(=O)c1cc2n(n1)CC(Oc1ccncc1)C2. The zero-order valence-electron chi connectivity index (χ0n) is 16.5. The monoisotopic (exact) mass is 371 g/mol. The van der Waals surface area contributed by atoms with Crippen LogP contribution >= 0.6 is 0 Å². The number of amides is 1. The first-order valence-corrected chi connectivity index (χ1v) is 9.79. The van der Waals surface area contributed by atoms with Crippen molar-refractivity contribution in [2.24, 2.45) is 0 Å². The van der Waals surface area contributed by atoms with Gasteiger partial charge in [-0.3, -0.25) is 14.5 Å². The van der Waals surface area contributed by atoms with Crippen molar-refractivity contribution in [1.82, 2.24) is 24.6 Å². The van der Waals surface area contributed by atoms with Crippen LogP contribution in [-0.2, 0) is 13.0 Å². The highest BCUT2D eigenvalue weighted by atomic mass is 16.5. The van der Waals surface area contributed by atoms with Gasteiger partial charge in [-0.2, -0.15) is 5.10 Å². The van der Waals surface area contributed by atoms with Gasteiger partial charge in [-0.25, -0.2) is 0 Å². The molecule has 0 radical (unpaired) electrons. The molecule has 3 rings (SSSR count). The lowest BCUT2D eigenvalue weighted by atomic mass is 10.2. The maximum absolute atomic E-state index is 12.8.